The summed E-state index contributed by atoms with van der Waals surface area (Å²) in [6.07, 6.45) is 0. The highest BCUT2D eigenvalue weighted by Gasteiger charge is 2.21. The fraction of sp³-hybridized carbons (Fsp3) is 0. The highest BCUT2D eigenvalue weighted by atomic mass is 32.1. The Morgan fingerprint density at radius 3 is 1.26 bits per heavy atom. The van der Waals surface area contributed by atoms with Crippen LogP contribution in [0.5, 0.6) is 0 Å². The lowest BCUT2D eigenvalue weighted by atomic mass is 9.98. The second-order valence-corrected chi connectivity index (χ2v) is 17.6. The Labute approximate surface area is 383 Å². The van der Waals surface area contributed by atoms with Crippen LogP contribution in [-0.2, 0) is 0 Å². The van der Waals surface area contributed by atoms with Crippen LogP contribution in [0.25, 0.3) is 75.1 Å². The van der Waals surface area contributed by atoms with Gasteiger partial charge in [0.1, 0.15) is 0 Å². The highest BCUT2D eigenvalue weighted by Crippen LogP contribution is 2.48. The van der Waals surface area contributed by atoms with Crippen LogP contribution in [0.15, 0.2) is 255 Å². The molecular formula is C62H42N2S. The predicted octanol–water partition coefficient (Wildman–Crippen LogP) is 18.3. The van der Waals surface area contributed by atoms with E-state index in [4.69, 9.17) is 0 Å². The standard InChI is InChI=1S/C62H42N2S/c1-3-14-43(15-4-1)44-26-28-45(29-27-44)46-30-36-51(37-31-46)63(50-17-5-2-6-18-50)52-38-32-47(33-39-52)48-34-40-53(41-35-48)64(59-24-13-23-58-57-22-11-12-25-61(57)65-62(58)59)60-42-49-16-7-8-19-54(49)55-20-9-10-21-56(55)60/h1-42H. The Morgan fingerprint density at radius 2 is 0.662 bits per heavy atom. The number of para-hydroxylation sites is 1. The van der Waals surface area contributed by atoms with E-state index in [1.54, 1.807) is 0 Å². The molecule has 65 heavy (non-hydrogen) atoms. The van der Waals surface area contributed by atoms with Gasteiger partial charge in [0.05, 0.1) is 16.1 Å². The molecular weight excluding hydrogens is 805 g/mol. The number of benzene rings is 11. The topological polar surface area (TPSA) is 6.48 Å². The number of hydrogen-bond acceptors (Lipinski definition) is 3. The maximum atomic E-state index is 2.47. The van der Waals surface area contributed by atoms with E-state index in [2.05, 4.69) is 265 Å². The van der Waals surface area contributed by atoms with E-state index >= 15 is 0 Å². The molecule has 0 saturated heterocycles. The lowest BCUT2D eigenvalue weighted by molar-refractivity contribution is 1.28. The van der Waals surface area contributed by atoms with Crippen LogP contribution in [0.3, 0.4) is 0 Å². The maximum absolute atomic E-state index is 2.47. The molecule has 0 aliphatic rings. The Hall–Kier alpha value is -8.24. The van der Waals surface area contributed by atoms with Crippen molar-refractivity contribution in [2.45, 2.75) is 0 Å². The Kier molecular flexibility index (Phi) is 9.74. The van der Waals surface area contributed by atoms with Crippen molar-refractivity contribution in [3.63, 3.8) is 0 Å². The van der Waals surface area contributed by atoms with Gasteiger partial charge in [-0.3, -0.25) is 0 Å². The molecule has 1 aromatic heterocycles. The van der Waals surface area contributed by atoms with Crippen molar-refractivity contribution in [2.24, 2.45) is 0 Å². The quantitative estimate of drug-likeness (QED) is 0.134. The van der Waals surface area contributed by atoms with Crippen LogP contribution in [0.1, 0.15) is 0 Å². The summed E-state index contributed by atoms with van der Waals surface area (Å²) in [5.41, 5.74) is 13.9. The van der Waals surface area contributed by atoms with Crippen molar-refractivity contribution in [2.75, 3.05) is 9.80 Å². The average Bonchev–Trinajstić information content (AvgIpc) is 3.77. The number of fused-ring (bicyclic) bond motifs is 6. The number of anilines is 6. The van der Waals surface area contributed by atoms with Gasteiger partial charge in [0.25, 0.3) is 0 Å². The van der Waals surface area contributed by atoms with E-state index in [1.165, 1.54) is 69.7 Å². The third-order valence-corrected chi connectivity index (χ3v) is 13.9. The molecule has 1 heterocycles. The monoisotopic (exact) mass is 846 g/mol. The summed E-state index contributed by atoms with van der Waals surface area (Å²) in [6, 6.07) is 92.5. The van der Waals surface area contributed by atoms with E-state index in [1.807, 2.05) is 11.3 Å². The molecule has 306 valence electrons. The van der Waals surface area contributed by atoms with Gasteiger partial charge in [-0.2, -0.15) is 0 Å². The van der Waals surface area contributed by atoms with Crippen molar-refractivity contribution >= 4 is 87.2 Å². The largest absolute Gasteiger partial charge is 0.311 e. The van der Waals surface area contributed by atoms with Gasteiger partial charge in [0.15, 0.2) is 0 Å². The molecule has 0 saturated carbocycles. The third kappa shape index (κ3) is 7.09. The van der Waals surface area contributed by atoms with Crippen LogP contribution < -0.4 is 9.80 Å². The summed E-state index contributed by atoms with van der Waals surface area (Å²) in [5, 5.41) is 7.53. The summed E-state index contributed by atoms with van der Waals surface area (Å²) in [5.74, 6) is 0. The van der Waals surface area contributed by atoms with Gasteiger partial charge in [0, 0.05) is 43.6 Å². The molecule has 0 atom stereocenters. The Bertz CT molecular complexity index is 3620. The van der Waals surface area contributed by atoms with Gasteiger partial charge in [-0.05, 0) is 116 Å². The molecule has 0 N–H and O–H groups in total. The molecule has 0 radical (unpaired) electrons. The summed E-state index contributed by atoms with van der Waals surface area (Å²) < 4.78 is 2.57. The summed E-state index contributed by atoms with van der Waals surface area (Å²) in [4.78, 5) is 4.80. The van der Waals surface area contributed by atoms with Gasteiger partial charge in [0.2, 0.25) is 0 Å². The van der Waals surface area contributed by atoms with Crippen molar-refractivity contribution in [3.05, 3.63) is 255 Å². The second kappa shape index (κ2) is 16.5. The van der Waals surface area contributed by atoms with Crippen LogP contribution in [0.4, 0.5) is 34.1 Å². The van der Waals surface area contributed by atoms with Gasteiger partial charge in [-0.15, -0.1) is 11.3 Å². The zero-order chi connectivity index (χ0) is 43.1. The van der Waals surface area contributed by atoms with E-state index < -0.39 is 0 Å². The zero-order valence-corrected chi connectivity index (χ0v) is 36.4. The fourth-order valence-electron chi connectivity index (χ4n) is 9.45. The van der Waals surface area contributed by atoms with Crippen molar-refractivity contribution < 1.29 is 0 Å². The molecule has 0 aliphatic heterocycles. The highest BCUT2D eigenvalue weighted by molar-refractivity contribution is 7.26. The first-order chi connectivity index (χ1) is 32.2. The average molecular weight is 847 g/mol. The molecule has 0 bridgehead atoms. The predicted molar refractivity (Wildman–Crippen MR) is 280 cm³/mol. The van der Waals surface area contributed by atoms with Crippen LogP contribution >= 0.6 is 11.3 Å². The molecule has 0 spiro atoms. The van der Waals surface area contributed by atoms with Crippen LogP contribution in [-0.4, -0.2) is 0 Å². The molecule has 3 heteroatoms. The van der Waals surface area contributed by atoms with Crippen LogP contribution in [0, 0.1) is 0 Å². The van der Waals surface area contributed by atoms with Crippen molar-refractivity contribution in [3.8, 4) is 33.4 Å². The minimum atomic E-state index is 1.10. The lowest BCUT2D eigenvalue weighted by Crippen LogP contribution is -2.11. The van der Waals surface area contributed by atoms with Crippen molar-refractivity contribution in [1.82, 2.24) is 0 Å². The SMILES string of the molecule is c1ccc(-c2ccc(-c3ccc(N(c4ccccc4)c4ccc(-c5ccc(N(c6cc7ccccc7c7ccccc67)c6cccc7c6sc6ccccc67)cc5)cc4)cc3)cc2)cc1. The molecule has 0 unspecified atom stereocenters. The van der Waals surface area contributed by atoms with Gasteiger partial charge >= 0.3 is 0 Å². The number of hydrogen-bond donors (Lipinski definition) is 0. The summed E-state index contributed by atoms with van der Waals surface area (Å²) >= 11 is 1.87. The first kappa shape index (κ1) is 38.4. The smallest absolute Gasteiger partial charge is 0.0640 e. The summed E-state index contributed by atoms with van der Waals surface area (Å²) in [7, 11) is 0. The molecule has 0 aliphatic carbocycles. The van der Waals surface area contributed by atoms with Gasteiger partial charge in [-0.25, -0.2) is 0 Å². The third-order valence-electron chi connectivity index (χ3n) is 12.7. The molecule has 12 aromatic rings. The van der Waals surface area contributed by atoms with E-state index in [-0.39, 0.29) is 0 Å². The van der Waals surface area contributed by atoms with E-state index in [9.17, 15) is 0 Å². The molecule has 0 amide bonds. The van der Waals surface area contributed by atoms with E-state index in [0.717, 1.165) is 39.6 Å². The lowest BCUT2D eigenvalue weighted by Gasteiger charge is -2.28. The van der Waals surface area contributed by atoms with Crippen LogP contribution in [0.2, 0.25) is 0 Å². The van der Waals surface area contributed by atoms with Crippen molar-refractivity contribution in [1.29, 1.82) is 0 Å². The molecule has 0 fully saturated rings. The molecule has 11 aromatic carbocycles. The Balaban J connectivity index is 0.897. The Morgan fingerprint density at radius 1 is 0.246 bits per heavy atom. The van der Waals surface area contributed by atoms with Gasteiger partial charge in [-0.1, -0.05) is 188 Å². The normalized spacial score (nSPS) is 11.4. The number of nitrogens with zero attached hydrogens (tertiary/aromatic N) is 2. The van der Waals surface area contributed by atoms with E-state index in [0.29, 0.717) is 0 Å². The number of thiophene rings is 1. The second-order valence-electron chi connectivity index (χ2n) is 16.5. The number of rotatable bonds is 9. The zero-order valence-electron chi connectivity index (χ0n) is 35.6. The fourth-order valence-corrected chi connectivity index (χ4v) is 10.7. The first-order valence-corrected chi connectivity index (χ1v) is 23.0. The van der Waals surface area contributed by atoms with Gasteiger partial charge < -0.3 is 9.80 Å². The minimum Gasteiger partial charge on any atom is -0.311 e. The molecule has 12 rings (SSSR count). The summed E-state index contributed by atoms with van der Waals surface area (Å²) in [6.45, 7) is 0. The minimum absolute atomic E-state index is 1.10. The first-order valence-electron chi connectivity index (χ1n) is 22.2. The maximum Gasteiger partial charge on any atom is 0.0640 e. The molecule has 2 nitrogen and oxygen atoms in total.